The van der Waals surface area contributed by atoms with E-state index in [1.165, 1.54) is 0 Å². The molecule has 0 bridgehead atoms. The minimum absolute atomic E-state index is 0.187. The lowest BCUT2D eigenvalue weighted by Crippen LogP contribution is -2.34. The second-order valence-corrected chi connectivity index (χ2v) is 7.80. The topological polar surface area (TPSA) is 67.2 Å². The zero-order valence-electron chi connectivity index (χ0n) is 15.7. The number of benzene rings is 3. The number of amides is 1. The number of nitrogens with one attached hydrogen (secondary N) is 2. The molecule has 150 valence electrons. The van der Waals surface area contributed by atoms with Gasteiger partial charge >= 0.3 is 0 Å². The van der Waals surface area contributed by atoms with Gasteiger partial charge in [0.1, 0.15) is 5.52 Å². The molecule has 0 spiro atoms. The van der Waals surface area contributed by atoms with Crippen LogP contribution in [0.2, 0.25) is 10.0 Å². The number of halogens is 2. The highest BCUT2D eigenvalue weighted by atomic mass is 35.5. The predicted molar refractivity (Wildman–Crippen MR) is 124 cm³/mol. The fraction of sp³-hybridized carbons (Fsp3) is 0.0455. The average Bonchev–Trinajstić information content (AvgIpc) is 3.11. The Labute approximate surface area is 188 Å². The molecule has 1 amide bonds. The van der Waals surface area contributed by atoms with Gasteiger partial charge in [0.05, 0.1) is 10.6 Å². The number of carbonyl (C=O) groups is 1. The third-order valence-corrected chi connectivity index (χ3v) is 5.18. The number of rotatable bonds is 3. The normalized spacial score (nSPS) is 10.8. The van der Waals surface area contributed by atoms with Gasteiger partial charge in [0.2, 0.25) is 5.89 Å². The summed E-state index contributed by atoms with van der Waals surface area (Å²) in [6.07, 6.45) is 0. The lowest BCUT2D eigenvalue weighted by molar-refractivity contribution is 0.0977. The van der Waals surface area contributed by atoms with Crippen LogP contribution in [-0.4, -0.2) is 16.0 Å². The molecule has 0 atom stereocenters. The number of aromatic nitrogens is 1. The summed E-state index contributed by atoms with van der Waals surface area (Å²) in [5, 5.41) is 6.85. The summed E-state index contributed by atoms with van der Waals surface area (Å²) in [7, 11) is 0. The van der Waals surface area contributed by atoms with Crippen LogP contribution in [0.15, 0.2) is 65.1 Å². The number of oxazole rings is 1. The highest BCUT2D eigenvalue weighted by molar-refractivity contribution is 7.80. The summed E-state index contributed by atoms with van der Waals surface area (Å²) in [6, 6.07) is 17.7. The molecule has 1 heterocycles. The zero-order chi connectivity index (χ0) is 21.3. The molecule has 2 N–H and O–H groups in total. The van der Waals surface area contributed by atoms with Crippen LogP contribution in [-0.2, 0) is 0 Å². The van der Waals surface area contributed by atoms with Gasteiger partial charge in [-0.15, -0.1) is 0 Å². The van der Waals surface area contributed by atoms with Crippen molar-refractivity contribution in [3.8, 4) is 11.5 Å². The summed E-state index contributed by atoms with van der Waals surface area (Å²) in [5.41, 5.74) is 3.96. The smallest absolute Gasteiger partial charge is 0.257 e. The van der Waals surface area contributed by atoms with E-state index in [-0.39, 0.29) is 11.0 Å². The van der Waals surface area contributed by atoms with Gasteiger partial charge in [0, 0.05) is 16.3 Å². The van der Waals surface area contributed by atoms with E-state index in [0.29, 0.717) is 43.9 Å². The van der Waals surface area contributed by atoms with E-state index in [4.69, 9.17) is 39.8 Å². The van der Waals surface area contributed by atoms with Gasteiger partial charge in [-0.05, 0) is 67.2 Å². The molecule has 0 aliphatic carbocycles. The van der Waals surface area contributed by atoms with Crippen LogP contribution >= 0.6 is 35.4 Å². The van der Waals surface area contributed by atoms with E-state index < -0.39 is 0 Å². The van der Waals surface area contributed by atoms with Crippen molar-refractivity contribution in [3.05, 3.63) is 81.8 Å². The Hall–Kier alpha value is -2.93. The molecule has 4 aromatic rings. The van der Waals surface area contributed by atoms with Gasteiger partial charge in [-0.2, -0.15) is 0 Å². The van der Waals surface area contributed by atoms with Crippen molar-refractivity contribution >= 4 is 63.2 Å². The Morgan fingerprint density at radius 2 is 1.87 bits per heavy atom. The van der Waals surface area contributed by atoms with Gasteiger partial charge in [0.15, 0.2) is 10.7 Å². The molecular weight excluding hydrogens is 441 g/mol. The molecule has 0 fully saturated rings. The van der Waals surface area contributed by atoms with Crippen LogP contribution in [0.1, 0.15) is 15.9 Å². The molecule has 0 aliphatic rings. The van der Waals surface area contributed by atoms with Crippen LogP contribution in [0.25, 0.3) is 22.6 Å². The maximum Gasteiger partial charge on any atom is 0.257 e. The summed E-state index contributed by atoms with van der Waals surface area (Å²) in [4.78, 5) is 16.9. The molecule has 0 saturated carbocycles. The van der Waals surface area contributed by atoms with E-state index in [2.05, 4.69) is 15.6 Å². The van der Waals surface area contributed by atoms with E-state index in [0.717, 1.165) is 5.56 Å². The van der Waals surface area contributed by atoms with Crippen molar-refractivity contribution in [1.29, 1.82) is 0 Å². The van der Waals surface area contributed by atoms with Crippen LogP contribution in [0.5, 0.6) is 0 Å². The molecule has 30 heavy (non-hydrogen) atoms. The fourth-order valence-corrected chi connectivity index (χ4v) is 3.64. The maximum atomic E-state index is 12.4. The summed E-state index contributed by atoms with van der Waals surface area (Å²) >= 11 is 17.5. The number of thiocarbonyl (C=S) groups is 1. The Kier molecular flexibility index (Phi) is 5.72. The first-order valence-electron chi connectivity index (χ1n) is 8.95. The Morgan fingerprint density at radius 1 is 1.07 bits per heavy atom. The molecule has 5 nitrogen and oxygen atoms in total. The first kappa shape index (κ1) is 20.3. The molecule has 0 saturated heterocycles. The van der Waals surface area contributed by atoms with Crippen molar-refractivity contribution in [1.82, 2.24) is 10.3 Å². The second kappa shape index (κ2) is 8.44. The van der Waals surface area contributed by atoms with Gasteiger partial charge in [-0.1, -0.05) is 41.4 Å². The number of carbonyl (C=O) groups excluding carboxylic acids is 1. The Bertz CT molecular complexity index is 1290. The fourth-order valence-electron chi connectivity index (χ4n) is 2.94. The van der Waals surface area contributed by atoms with Gasteiger partial charge in [0.25, 0.3) is 5.91 Å². The quantitative estimate of drug-likeness (QED) is 0.358. The average molecular weight is 456 g/mol. The van der Waals surface area contributed by atoms with Crippen LogP contribution in [0, 0.1) is 6.92 Å². The number of anilines is 1. The molecule has 4 rings (SSSR count). The minimum atomic E-state index is -0.271. The standard InChI is InChI=1S/C22H15Cl2N3O2S/c1-12-4-2-3-5-15(12)20(28)27-22(30)25-14-7-9-19-18(11-14)26-21(29-19)16-8-6-13(23)10-17(16)24/h2-11H,1H3,(H2,25,27,28,30). The van der Waals surface area contributed by atoms with E-state index in [1.54, 1.807) is 48.5 Å². The summed E-state index contributed by atoms with van der Waals surface area (Å²) in [6.45, 7) is 1.87. The Balaban J connectivity index is 1.52. The summed E-state index contributed by atoms with van der Waals surface area (Å²) in [5.74, 6) is 0.118. The predicted octanol–water partition coefficient (Wildman–Crippen LogP) is 6.24. The lowest BCUT2D eigenvalue weighted by Gasteiger charge is -2.10. The highest BCUT2D eigenvalue weighted by Gasteiger charge is 2.14. The highest BCUT2D eigenvalue weighted by Crippen LogP contribution is 2.32. The van der Waals surface area contributed by atoms with Crippen molar-refractivity contribution < 1.29 is 9.21 Å². The van der Waals surface area contributed by atoms with Gasteiger partial charge < -0.3 is 9.73 Å². The molecule has 0 radical (unpaired) electrons. The van der Waals surface area contributed by atoms with E-state index in [9.17, 15) is 4.79 Å². The number of fused-ring (bicyclic) bond motifs is 1. The first-order chi connectivity index (χ1) is 14.4. The van der Waals surface area contributed by atoms with Gasteiger partial charge in [-0.3, -0.25) is 10.1 Å². The molecule has 3 aromatic carbocycles. The van der Waals surface area contributed by atoms with E-state index in [1.807, 2.05) is 19.1 Å². The third-order valence-electron chi connectivity index (χ3n) is 4.42. The Morgan fingerprint density at radius 3 is 2.63 bits per heavy atom. The number of hydrogen-bond donors (Lipinski definition) is 2. The second-order valence-electron chi connectivity index (χ2n) is 6.55. The van der Waals surface area contributed by atoms with Gasteiger partial charge in [-0.25, -0.2) is 4.98 Å². The number of aryl methyl sites for hydroxylation is 1. The lowest BCUT2D eigenvalue weighted by atomic mass is 10.1. The largest absolute Gasteiger partial charge is 0.436 e. The van der Waals surface area contributed by atoms with Crippen LogP contribution in [0.3, 0.4) is 0 Å². The monoisotopic (exact) mass is 455 g/mol. The maximum absolute atomic E-state index is 12.4. The van der Waals surface area contributed by atoms with Crippen molar-refractivity contribution in [2.45, 2.75) is 6.92 Å². The number of nitrogens with zero attached hydrogens (tertiary/aromatic N) is 1. The molecule has 1 aromatic heterocycles. The summed E-state index contributed by atoms with van der Waals surface area (Å²) < 4.78 is 5.80. The molecule has 0 aliphatic heterocycles. The van der Waals surface area contributed by atoms with Crippen molar-refractivity contribution in [2.75, 3.05) is 5.32 Å². The molecular formula is C22H15Cl2N3O2S. The number of hydrogen-bond acceptors (Lipinski definition) is 4. The van der Waals surface area contributed by atoms with E-state index >= 15 is 0 Å². The third kappa shape index (κ3) is 4.31. The first-order valence-corrected chi connectivity index (χ1v) is 10.1. The zero-order valence-corrected chi connectivity index (χ0v) is 18.0. The SMILES string of the molecule is Cc1ccccc1C(=O)NC(=S)Nc1ccc2oc(-c3ccc(Cl)cc3Cl)nc2c1. The molecule has 0 unspecified atom stereocenters. The molecule has 8 heteroatoms. The van der Waals surface area contributed by atoms with Crippen molar-refractivity contribution in [2.24, 2.45) is 0 Å². The van der Waals surface area contributed by atoms with Crippen LogP contribution in [0.4, 0.5) is 5.69 Å². The minimum Gasteiger partial charge on any atom is -0.436 e. The van der Waals surface area contributed by atoms with Crippen molar-refractivity contribution in [3.63, 3.8) is 0 Å². The van der Waals surface area contributed by atoms with Crippen LogP contribution < -0.4 is 10.6 Å².